The highest BCUT2D eigenvalue weighted by Gasteiger charge is 2.53. The lowest BCUT2D eigenvalue weighted by Crippen LogP contribution is -2.55. The van der Waals surface area contributed by atoms with Crippen molar-refractivity contribution in [3.63, 3.8) is 0 Å². The molecule has 0 radical (unpaired) electrons. The van der Waals surface area contributed by atoms with Gasteiger partial charge in [0.15, 0.2) is 9.84 Å². The number of carbonyl (C=O) groups excluding carboxylic acids is 1. The lowest BCUT2D eigenvalue weighted by Gasteiger charge is -2.59. The first kappa shape index (κ1) is 16.3. The minimum absolute atomic E-state index is 0.0138. The molecule has 5 aliphatic rings. The number of fused-ring (bicyclic) bond motifs is 1. The van der Waals surface area contributed by atoms with Gasteiger partial charge < -0.3 is 5.32 Å². The quantitative estimate of drug-likeness (QED) is 0.874. The van der Waals surface area contributed by atoms with Crippen molar-refractivity contribution < 1.29 is 13.2 Å². The fourth-order valence-corrected chi connectivity index (χ4v) is 9.60. The van der Waals surface area contributed by atoms with Gasteiger partial charge in [-0.1, -0.05) is 0 Å². The number of hydrogen-bond donors (Lipinski definition) is 1. The van der Waals surface area contributed by atoms with Crippen LogP contribution in [0, 0.1) is 23.2 Å². The Morgan fingerprint density at radius 3 is 2.32 bits per heavy atom. The number of hydrogen-bond acceptors (Lipinski definition) is 4. The van der Waals surface area contributed by atoms with Crippen LogP contribution >= 0.6 is 11.3 Å². The second-order valence-electron chi connectivity index (χ2n) is 9.07. The van der Waals surface area contributed by atoms with E-state index in [4.69, 9.17) is 0 Å². The Labute approximate surface area is 153 Å². The van der Waals surface area contributed by atoms with Crippen LogP contribution in [0.3, 0.4) is 0 Å². The van der Waals surface area contributed by atoms with E-state index in [1.807, 2.05) is 0 Å². The molecule has 4 saturated carbocycles. The van der Waals surface area contributed by atoms with Crippen LogP contribution in [0.4, 0.5) is 0 Å². The van der Waals surface area contributed by atoms with Crippen molar-refractivity contribution in [2.24, 2.45) is 23.2 Å². The van der Waals surface area contributed by atoms with Crippen LogP contribution in [-0.2, 0) is 21.3 Å². The van der Waals surface area contributed by atoms with Crippen LogP contribution in [0.15, 0.2) is 6.07 Å². The molecular formula is C19H25NO3S2. The number of nitrogens with one attached hydrogen (secondary N) is 1. The summed E-state index contributed by atoms with van der Waals surface area (Å²) in [5.74, 6) is 2.81. The summed E-state index contributed by atoms with van der Waals surface area (Å²) in [5, 5.41) is 3.28. The highest BCUT2D eigenvalue weighted by molar-refractivity contribution is 7.90. The molecule has 1 aliphatic heterocycles. The van der Waals surface area contributed by atoms with Gasteiger partial charge in [-0.25, -0.2) is 8.42 Å². The van der Waals surface area contributed by atoms with Gasteiger partial charge in [0.1, 0.15) is 0 Å². The van der Waals surface area contributed by atoms with Gasteiger partial charge in [0.05, 0.1) is 16.4 Å². The summed E-state index contributed by atoms with van der Waals surface area (Å²) in [4.78, 5) is 14.3. The van der Waals surface area contributed by atoms with E-state index < -0.39 is 9.84 Å². The van der Waals surface area contributed by atoms with Gasteiger partial charge in [-0.05, 0) is 80.2 Å². The van der Waals surface area contributed by atoms with Crippen molar-refractivity contribution >= 4 is 27.1 Å². The second-order valence-corrected chi connectivity index (χ2v) is 12.3. The molecule has 0 aromatic carbocycles. The molecule has 1 aromatic rings. The Hall–Kier alpha value is -0.880. The van der Waals surface area contributed by atoms with Crippen molar-refractivity contribution in [2.45, 2.75) is 63.0 Å². The highest BCUT2D eigenvalue weighted by atomic mass is 32.2. The summed E-state index contributed by atoms with van der Waals surface area (Å²) < 4.78 is 23.3. The van der Waals surface area contributed by atoms with Crippen molar-refractivity contribution in [2.75, 3.05) is 0 Å². The molecule has 1 N–H and O–H groups in total. The van der Waals surface area contributed by atoms with Crippen LogP contribution < -0.4 is 5.32 Å². The van der Waals surface area contributed by atoms with Gasteiger partial charge >= 0.3 is 0 Å². The van der Waals surface area contributed by atoms with Crippen LogP contribution in [0.1, 0.15) is 65.6 Å². The maximum atomic E-state index is 12.8. The van der Waals surface area contributed by atoms with Crippen LogP contribution in [0.2, 0.25) is 0 Å². The van der Waals surface area contributed by atoms with Gasteiger partial charge in [-0.15, -0.1) is 11.3 Å². The standard InChI is InChI=1S/C19H25NO3S2/c1-11(19-6-12-2-13(7-19)4-14(3-12)8-19)20-18(21)16-5-15-9-25(22,23)10-17(15)24-16/h5,11-14H,2-4,6-10H2,1H3,(H,20,21)/t11-,12?,13?,14?,19?/m0/s1. The number of thiophene rings is 1. The van der Waals surface area contributed by atoms with Crippen molar-refractivity contribution in [3.8, 4) is 0 Å². The third-order valence-electron chi connectivity index (χ3n) is 7.20. The number of rotatable bonds is 3. The summed E-state index contributed by atoms with van der Waals surface area (Å²) >= 11 is 1.36. The van der Waals surface area contributed by atoms with Crippen molar-refractivity contribution in [1.29, 1.82) is 0 Å². The van der Waals surface area contributed by atoms with E-state index in [0.29, 0.717) is 10.3 Å². The third-order valence-corrected chi connectivity index (χ3v) is 10.0. The zero-order valence-corrected chi connectivity index (χ0v) is 16.2. The molecule has 136 valence electrons. The predicted molar refractivity (Wildman–Crippen MR) is 98.2 cm³/mol. The minimum Gasteiger partial charge on any atom is -0.348 e. The highest BCUT2D eigenvalue weighted by Crippen LogP contribution is 2.61. The minimum atomic E-state index is -2.98. The van der Waals surface area contributed by atoms with E-state index in [0.717, 1.165) is 28.2 Å². The Kier molecular flexibility index (Phi) is 3.47. The van der Waals surface area contributed by atoms with Gasteiger partial charge in [0.25, 0.3) is 5.91 Å². The van der Waals surface area contributed by atoms with E-state index in [-0.39, 0.29) is 23.5 Å². The largest absolute Gasteiger partial charge is 0.348 e. The second kappa shape index (κ2) is 5.32. The molecule has 1 atom stereocenters. The molecule has 2 heterocycles. The Morgan fingerprint density at radius 1 is 1.16 bits per heavy atom. The van der Waals surface area contributed by atoms with Crippen molar-refractivity contribution in [3.05, 3.63) is 21.4 Å². The molecule has 25 heavy (non-hydrogen) atoms. The molecule has 6 rings (SSSR count). The monoisotopic (exact) mass is 379 g/mol. The molecule has 4 bridgehead atoms. The lowest BCUT2D eigenvalue weighted by molar-refractivity contribution is -0.0687. The number of sulfone groups is 1. The smallest absolute Gasteiger partial charge is 0.261 e. The fraction of sp³-hybridized carbons (Fsp3) is 0.737. The molecule has 4 nitrogen and oxygen atoms in total. The molecule has 4 fully saturated rings. The zero-order valence-electron chi connectivity index (χ0n) is 14.6. The fourth-order valence-electron chi connectivity index (χ4n) is 6.44. The molecule has 4 aliphatic carbocycles. The normalized spacial score (nSPS) is 38.5. The average molecular weight is 380 g/mol. The SMILES string of the molecule is C[C@H](NC(=O)c1cc2c(s1)CS(=O)(=O)C2)C12CC3CC(CC(C3)C1)C2. The van der Waals surface area contributed by atoms with Gasteiger partial charge in [0.2, 0.25) is 0 Å². The maximum absolute atomic E-state index is 12.8. The Morgan fingerprint density at radius 2 is 1.76 bits per heavy atom. The molecule has 1 amide bonds. The zero-order chi connectivity index (χ0) is 17.4. The first-order valence-corrected chi connectivity index (χ1v) is 12.1. The Balaban J connectivity index is 1.32. The molecule has 0 saturated heterocycles. The van der Waals surface area contributed by atoms with Crippen molar-refractivity contribution in [1.82, 2.24) is 5.32 Å². The first-order valence-electron chi connectivity index (χ1n) is 9.45. The van der Waals surface area contributed by atoms with Gasteiger partial charge in [-0.2, -0.15) is 0 Å². The number of carbonyl (C=O) groups is 1. The van der Waals surface area contributed by atoms with E-state index >= 15 is 0 Å². The average Bonchev–Trinajstić information content (AvgIpc) is 2.99. The summed E-state index contributed by atoms with van der Waals surface area (Å²) in [5.41, 5.74) is 1.13. The summed E-state index contributed by atoms with van der Waals surface area (Å²) in [7, 11) is -2.98. The first-order chi connectivity index (χ1) is 11.8. The maximum Gasteiger partial charge on any atom is 0.261 e. The van der Waals surface area contributed by atoms with Crippen LogP contribution in [0.25, 0.3) is 0 Å². The molecule has 0 unspecified atom stereocenters. The number of amides is 1. The Bertz CT molecular complexity index is 774. The van der Waals surface area contributed by atoms with E-state index in [9.17, 15) is 13.2 Å². The predicted octanol–water partition coefficient (Wildman–Crippen LogP) is 3.51. The van der Waals surface area contributed by atoms with E-state index in [2.05, 4.69) is 12.2 Å². The topological polar surface area (TPSA) is 63.2 Å². The summed E-state index contributed by atoms with van der Waals surface area (Å²) in [6.07, 6.45) is 8.06. The van der Waals surface area contributed by atoms with Gasteiger partial charge in [-0.3, -0.25) is 4.79 Å². The molecule has 1 aromatic heterocycles. The third kappa shape index (κ3) is 2.67. The van der Waals surface area contributed by atoms with Crippen LogP contribution in [0.5, 0.6) is 0 Å². The van der Waals surface area contributed by atoms with Crippen LogP contribution in [-0.4, -0.2) is 20.4 Å². The summed E-state index contributed by atoms with van der Waals surface area (Å²) in [6, 6.07) is 2.00. The van der Waals surface area contributed by atoms with E-state index in [1.54, 1.807) is 6.07 Å². The molecule has 0 spiro atoms. The lowest BCUT2D eigenvalue weighted by atomic mass is 9.48. The summed E-state index contributed by atoms with van der Waals surface area (Å²) in [6.45, 7) is 2.19. The molecule has 6 heteroatoms. The molecular weight excluding hydrogens is 354 g/mol. The van der Waals surface area contributed by atoms with Gasteiger partial charge in [0, 0.05) is 10.9 Å². The van der Waals surface area contributed by atoms with E-state index in [1.165, 1.54) is 49.9 Å².